The number of nitrogens with one attached hydrogen (secondary N) is 2. The summed E-state index contributed by atoms with van der Waals surface area (Å²) in [4.78, 5) is 22.7. The SMILES string of the molecule is COC(=O)c1ccc(CNCc2cnc(C)cn2)[nH]1. The number of hydrogen-bond donors (Lipinski definition) is 2. The molecule has 2 heterocycles. The number of methoxy groups -OCH3 is 1. The van der Waals surface area contributed by atoms with E-state index in [-0.39, 0.29) is 5.97 Å². The predicted molar refractivity (Wildman–Crippen MR) is 69.4 cm³/mol. The topological polar surface area (TPSA) is 79.9 Å². The van der Waals surface area contributed by atoms with Crippen molar-refractivity contribution in [2.24, 2.45) is 0 Å². The third-order valence-electron chi connectivity index (χ3n) is 2.61. The van der Waals surface area contributed by atoms with E-state index < -0.39 is 0 Å². The van der Waals surface area contributed by atoms with E-state index in [0.717, 1.165) is 17.1 Å². The number of ether oxygens (including phenoxy) is 1. The standard InChI is InChI=1S/C13H16N4O2/c1-9-5-16-11(8-15-9)7-14-6-10-3-4-12(17-10)13(18)19-2/h3-5,8,14,17H,6-7H2,1-2H3. The lowest BCUT2D eigenvalue weighted by atomic mass is 10.4. The summed E-state index contributed by atoms with van der Waals surface area (Å²) in [5.41, 5.74) is 3.15. The molecule has 0 fully saturated rings. The molecule has 0 saturated carbocycles. The zero-order valence-corrected chi connectivity index (χ0v) is 10.9. The van der Waals surface area contributed by atoms with Crippen LogP contribution in [0.5, 0.6) is 0 Å². The number of aromatic amines is 1. The molecule has 100 valence electrons. The van der Waals surface area contributed by atoms with Crippen LogP contribution in [0.25, 0.3) is 0 Å². The van der Waals surface area contributed by atoms with E-state index in [1.54, 1.807) is 18.5 Å². The molecule has 0 spiro atoms. The molecule has 6 nitrogen and oxygen atoms in total. The van der Waals surface area contributed by atoms with Crippen LogP contribution in [0.3, 0.4) is 0 Å². The third-order valence-corrected chi connectivity index (χ3v) is 2.61. The summed E-state index contributed by atoms with van der Waals surface area (Å²) < 4.78 is 4.63. The van der Waals surface area contributed by atoms with Crippen LogP contribution in [0, 0.1) is 6.92 Å². The summed E-state index contributed by atoms with van der Waals surface area (Å²) in [6.45, 7) is 3.14. The van der Waals surface area contributed by atoms with Gasteiger partial charge in [0.25, 0.3) is 0 Å². The van der Waals surface area contributed by atoms with E-state index in [2.05, 4.69) is 25.0 Å². The minimum absolute atomic E-state index is 0.365. The van der Waals surface area contributed by atoms with Gasteiger partial charge >= 0.3 is 5.97 Å². The van der Waals surface area contributed by atoms with Gasteiger partial charge in [0, 0.05) is 31.2 Å². The summed E-state index contributed by atoms with van der Waals surface area (Å²) in [6, 6.07) is 3.55. The van der Waals surface area contributed by atoms with Crippen molar-refractivity contribution in [3.8, 4) is 0 Å². The van der Waals surface area contributed by atoms with Gasteiger partial charge in [-0.2, -0.15) is 0 Å². The lowest BCUT2D eigenvalue weighted by Crippen LogP contribution is -2.14. The average Bonchev–Trinajstić information content (AvgIpc) is 2.89. The predicted octanol–water partition coefficient (Wildman–Crippen LogP) is 1.19. The molecule has 0 unspecified atom stereocenters. The second-order valence-corrected chi connectivity index (χ2v) is 4.14. The maximum absolute atomic E-state index is 11.3. The Kier molecular flexibility index (Phi) is 4.25. The van der Waals surface area contributed by atoms with Gasteiger partial charge in [0.1, 0.15) is 5.69 Å². The zero-order valence-electron chi connectivity index (χ0n) is 10.9. The van der Waals surface area contributed by atoms with Crippen molar-refractivity contribution < 1.29 is 9.53 Å². The molecule has 0 aliphatic rings. The van der Waals surface area contributed by atoms with Gasteiger partial charge in [0.05, 0.1) is 18.5 Å². The van der Waals surface area contributed by atoms with Crippen LogP contribution in [0.1, 0.15) is 27.6 Å². The third kappa shape index (κ3) is 3.62. The first-order valence-electron chi connectivity index (χ1n) is 5.93. The first kappa shape index (κ1) is 13.2. The van der Waals surface area contributed by atoms with Crippen molar-refractivity contribution in [3.63, 3.8) is 0 Å². The molecule has 2 rings (SSSR count). The number of hydrogen-bond acceptors (Lipinski definition) is 5. The van der Waals surface area contributed by atoms with Gasteiger partial charge in [0.2, 0.25) is 0 Å². The van der Waals surface area contributed by atoms with Crippen LogP contribution in [-0.2, 0) is 17.8 Å². The number of aryl methyl sites for hydroxylation is 1. The maximum Gasteiger partial charge on any atom is 0.354 e. The summed E-state index contributed by atoms with van der Waals surface area (Å²) in [5, 5.41) is 3.22. The van der Waals surface area contributed by atoms with Crippen LogP contribution >= 0.6 is 0 Å². The van der Waals surface area contributed by atoms with Crippen LogP contribution in [0.15, 0.2) is 24.5 Å². The van der Waals surface area contributed by atoms with Gasteiger partial charge in [-0.05, 0) is 19.1 Å². The first-order chi connectivity index (χ1) is 9.19. The van der Waals surface area contributed by atoms with Crippen molar-refractivity contribution in [1.82, 2.24) is 20.3 Å². The van der Waals surface area contributed by atoms with Crippen LogP contribution < -0.4 is 5.32 Å². The van der Waals surface area contributed by atoms with Crippen molar-refractivity contribution in [2.45, 2.75) is 20.0 Å². The minimum Gasteiger partial charge on any atom is -0.464 e. The lowest BCUT2D eigenvalue weighted by molar-refractivity contribution is 0.0594. The molecule has 0 bridgehead atoms. The van der Waals surface area contributed by atoms with E-state index in [9.17, 15) is 4.79 Å². The van der Waals surface area contributed by atoms with Gasteiger partial charge in [-0.15, -0.1) is 0 Å². The van der Waals surface area contributed by atoms with Gasteiger partial charge in [0.15, 0.2) is 0 Å². The average molecular weight is 260 g/mol. The highest BCUT2D eigenvalue weighted by Crippen LogP contribution is 2.03. The Labute approximate surface area is 111 Å². The van der Waals surface area contributed by atoms with E-state index in [1.807, 2.05) is 13.0 Å². The van der Waals surface area contributed by atoms with Crippen LogP contribution in [-0.4, -0.2) is 28.0 Å². The van der Waals surface area contributed by atoms with E-state index in [4.69, 9.17) is 0 Å². The quantitative estimate of drug-likeness (QED) is 0.789. The molecule has 0 radical (unpaired) electrons. The number of rotatable bonds is 5. The number of esters is 1. The molecule has 0 aliphatic heterocycles. The van der Waals surface area contributed by atoms with Gasteiger partial charge in [-0.3, -0.25) is 9.97 Å². The molecule has 0 atom stereocenters. The number of carbonyl (C=O) groups excluding carboxylic acids is 1. The summed E-state index contributed by atoms with van der Waals surface area (Å²) >= 11 is 0. The number of aromatic nitrogens is 3. The Morgan fingerprint density at radius 1 is 1.32 bits per heavy atom. The second kappa shape index (κ2) is 6.10. The van der Waals surface area contributed by atoms with E-state index in [0.29, 0.717) is 18.8 Å². The zero-order chi connectivity index (χ0) is 13.7. The molecule has 19 heavy (non-hydrogen) atoms. The van der Waals surface area contributed by atoms with E-state index in [1.165, 1.54) is 7.11 Å². The molecule has 0 saturated heterocycles. The number of H-pyrrole nitrogens is 1. The van der Waals surface area contributed by atoms with Crippen molar-refractivity contribution in [3.05, 3.63) is 47.3 Å². The fourth-order valence-electron chi connectivity index (χ4n) is 1.61. The van der Waals surface area contributed by atoms with Gasteiger partial charge < -0.3 is 15.0 Å². The number of nitrogens with zero attached hydrogens (tertiary/aromatic N) is 2. The Morgan fingerprint density at radius 3 is 2.84 bits per heavy atom. The Hall–Kier alpha value is -2.21. The Morgan fingerprint density at radius 2 is 2.16 bits per heavy atom. The molecule has 6 heteroatoms. The Balaban J connectivity index is 1.84. The van der Waals surface area contributed by atoms with Crippen molar-refractivity contribution >= 4 is 5.97 Å². The molecule has 0 aliphatic carbocycles. The molecule has 2 N–H and O–H groups in total. The van der Waals surface area contributed by atoms with Crippen LogP contribution in [0.2, 0.25) is 0 Å². The highest BCUT2D eigenvalue weighted by Gasteiger charge is 2.07. The fraction of sp³-hybridized carbons (Fsp3) is 0.308. The minimum atomic E-state index is -0.365. The summed E-state index contributed by atoms with van der Waals surface area (Å²) in [7, 11) is 1.36. The molecule has 0 aromatic carbocycles. The molecular weight excluding hydrogens is 244 g/mol. The molecule has 0 amide bonds. The molecule has 2 aromatic heterocycles. The van der Waals surface area contributed by atoms with Gasteiger partial charge in [-0.1, -0.05) is 0 Å². The maximum atomic E-state index is 11.3. The summed E-state index contributed by atoms with van der Waals surface area (Å²) in [5.74, 6) is -0.365. The largest absolute Gasteiger partial charge is 0.464 e. The van der Waals surface area contributed by atoms with Gasteiger partial charge in [-0.25, -0.2) is 4.79 Å². The van der Waals surface area contributed by atoms with E-state index >= 15 is 0 Å². The first-order valence-corrected chi connectivity index (χ1v) is 5.93. The smallest absolute Gasteiger partial charge is 0.354 e. The second-order valence-electron chi connectivity index (χ2n) is 4.14. The Bertz CT molecular complexity index is 548. The highest BCUT2D eigenvalue weighted by atomic mass is 16.5. The molecule has 2 aromatic rings. The van der Waals surface area contributed by atoms with Crippen LogP contribution in [0.4, 0.5) is 0 Å². The highest BCUT2D eigenvalue weighted by molar-refractivity contribution is 5.87. The normalized spacial score (nSPS) is 10.4. The number of carbonyl (C=O) groups is 1. The van der Waals surface area contributed by atoms with Crippen molar-refractivity contribution in [2.75, 3.05) is 7.11 Å². The van der Waals surface area contributed by atoms with Crippen molar-refractivity contribution in [1.29, 1.82) is 0 Å². The monoisotopic (exact) mass is 260 g/mol. The lowest BCUT2D eigenvalue weighted by Gasteiger charge is -2.03. The molecular formula is C13H16N4O2. The fourth-order valence-corrected chi connectivity index (χ4v) is 1.61. The summed E-state index contributed by atoms with van der Waals surface area (Å²) in [6.07, 6.45) is 3.48.